The smallest absolute Gasteiger partial charge is 0.180 e. The predicted octanol–water partition coefficient (Wildman–Crippen LogP) is 3.50. The fourth-order valence-corrected chi connectivity index (χ4v) is 2.46. The van der Waals surface area contributed by atoms with Gasteiger partial charge in [0.2, 0.25) is 0 Å². The number of anilines is 1. The SMILES string of the molecule is CC(C)c1nc(-c2ccc(Cl)cn2)nc(N)c1I. The largest absolute Gasteiger partial charge is 0.383 e. The average Bonchev–Trinajstić information content (AvgIpc) is 2.33. The number of rotatable bonds is 2. The van der Waals surface area contributed by atoms with Crippen LogP contribution in [-0.2, 0) is 0 Å². The molecule has 2 rings (SSSR count). The zero-order valence-electron chi connectivity index (χ0n) is 9.98. The summed E-state index contributed by atoms with van der Waals surface area (Å²) in [6.45, 7) is 4.14. The van der Waals surface area contributed by atoms with Gasteiger partial charge in [-0.25, -0.2) is 9.97 Å². The Morgan fingerprint density at radius 1 is 1.28 bits per heavy atom. The third-order valence-corrected chi connectivity index (χ3v) is 3.73. The number of hydrogen-bond acceptors (Lipinski definition) is 4. The Kier molecular flexibility index (Phi) is 4.01. The molecule has 0 saturated heterocycles. The van der Waals surface area contributed by atoms with E-state index in [2.05, 4.69) is 51.4 Å². The van der Waals surface area contributed by atoms with Gasteiger partial charge >= 0.3 is 0 Å². The van der Waals surface area contributed by atoms with E-state index in [-0.39, 0.29) is 5.92 Å². The highest BCUT2D eigenvalue weighted by Crippen LogP contribution is 2.26. The monoisotopic (exact) mass is 374 g/mol. The average molecular weight is 375 g/mol. The van der Waals surface area contributed by atoms with E-state index in [1.54, 1.807) is 18.3 Å². The molecule has 0 aromatic carbocycles. The molecule has 0 aliphatic carbocycles. The van der Waals surface area contributed by atoms with Gasteiger partial charge in [0.25, 0.3) is 0 Å². The lowest BCUT2D eigenvalue weighted by Crippen LogP contribution is -2.06. The molecule has 2 heterocycles. The molecule has 4 nitrogen and oxygen atoms in total. The van der Waals surface area contributed by atoms with Gasteiger partial charge in [-0.3, -0.25) is 4.98 Å². The molecular weight excluding hydrogens is 363 g/mol. The standard InChI is InChI=1S/C12H12ClIN4/c1-6(2)10-9(14)11(15)18-12(17-10)8-4-3-7(13)5-16-8/h3-6H,1-2H3,(H2,15,17,18). The highest BCUT2D eigenvalue weighted by atomic mass is 127. The van der Waals surface area contributed by atoms with Crippen LogP contribution in [-0.4, -0.2) is 15.0 Å². The molecule has 0 radical (unpaired) electrons. The number of aromatic nitrogens is 3. The second kappa shape index (κ2) is 5.36. The zero-order chi connectivity index (χ0) is 13.3. The van der Waals surface area contributed by atoms with E-state index in [9.17, 15) is 0 Å². The number of pyridine rings is 1. The summed E-state index contributed by atoms with van der Waals surface area (Å²) < 4.78 is 0.903. The van der Waals surface area contributed by atoms with Gasteiger partial charge in [0, 0.05) is 6.20 Å². The second-order valence-corrected chi connectivity index (χ2v) is 5.66. The van der Waals surface area contributed by atoms with Crippen molar-refractivity contribution in [3.05, 3.63) is 32.6 Å². The molecule has 0 bridgehead atoms. The molecule has 0 saturated carbocycles. The number of nitrogens with two attached hydrogens (primary N) is 1. The maximum absolute atomic E-state index is 5.91. The van der Waals surface area contributed by atoms with Crippen molar-refractivity contribution in [2.45, 2.75) is 19.8 Å². The molecule has 0 atom stereocenters. The minimum absolute atomic E-state index is 0.285. The van der Waals surface area contributed by atoms with E-state index in [0.29, 0.717) is 22.4 Å². The van der Waals surface area contributed by atoms with Crippen molar-refractivity contribution in [1.29, 1.82) is 0 Å². The number of nitrogens with zero attached hydrogens (tertiary/aromatic N) is 3. The van der Waals surface area contributed by atoms with E-state index in [0.717, 1.165) is 9.26 Å². The molecule has 2 N–H and O–H groups in total. The Bertz CT molecular complexity index is 569. The number of nitrogen functional groups attached to an aromatic ring is 1. The Morgan fingerprint density at radius 2 is 2.00 bits per heavy atom. The first kappa shape index (κ1) is 13.5. The molecule has 0 amide bonds. The van der Waals surface area contributed by atoms with E-state index in [1.165, 1.54) is 0 Å². The van der Waals surface area contributed by atoms with Gasteiger partial charge in [-0.15, -0.1) is 0 Å². The van der Waals surface area contributed by atoms with E-state index in [1.807, 2.05) is 0 Å². The Balaban J connectivity index is 2.55. The molecule has 0 aliphatic rings. The van der Waals surface area contributed by atoms with Crippen LogP contribution in [0.3, 0.4) is 0 Å². The van der Waals surface area contributed by atoms with Gasteiger partial charge in [-0.1, -0.05) is 25.4 Å². The molecule has 2 aromatic rings. The minimum Gasteiger partial charge on any atom is -0.383 e. The van der Waals surface area contributed by atoms with Crippen molar-refractivity contribution < 1.29 is 0 Å². The van der Waals surface area contributed by atoms with Crippen molar-refractivity contribution in [1.82, 2.24) is 15.0 Å². The van der Waals surface area contributed by atoms with Gasteiger partial charge in [0.15, 0.2) is 5.82 Å². The van der Waals surface area contributed by atoms with Crippen LogP contribution < -0.4 is 5.73 Å². The van der Waals surface area contributed by atoms with Gasteiger partial charge in [-0.05, 0) is 40.6 Å². The third-order valence-electron chi connectivity index (χ3n) is 2.41. The lowest BCUT2D eigenvalue weighted by Gasteiger charge is -2.11. The van der Waals surface area contributed by atoms with Crippen LogP contribution in [0.1, 0.15) is 25.5 Å². The van der Waals surface area contributed by atoms with Crippen LogP contribution in [0.4, 0.5) is 5.82 Å². The van der Waals surface area contributed by atoms with Crippen LogP contribution in [0, 0.1) is 3.57 Å². The molecule has 0 aliphatic heterocycles. The first-order valence-electron chi connectivity index (χ1n) is 5.44. The summed E-state index contributed by atoms with van der Waals surface area (Å²) in [6.07, 6.45) is 1.57. The molecule has 0 unspecified atom stereocenters. The maximum Gasteiger partial charge on any atom is 0.180 e. The summed E-state index contributed by atoms with van der Waals surface area (Å²) in [7, 11) is 0. The van der Waals surface area contributed by atoms with E-state index >= 15 is 0 Å². The second-order valence-electron chi connectivity index (χ2n) is 4.15. The van der Waals surface area contributed by atoms with Crippen LogP contribution >= 0.6 is 34.2 Å². The number of hydrogen-bond donors (Lipinski definition) is 1. The van der Waals surface area contributed by atoms with Crippen LogP contribution in [0.15, 0.2) is 18.3 Å². The summed E-state index contributed by atoms with van der Waals surface area (Å²) >= 11 is 7.98. The fourth-order valence-electron chi connectivity index (χ4n) is 1.49. The zero-order valence-corrected chi connectivity index (χ0v) is 12.9. The predicted molar refractivity (Wildman–Crippen MR) is 81.5 cm³/mol. The van der Waals surface area contributed by atoms with Crippen molar-refractivity contribution in [3.63, 3.8) is 0 Å². The van der Waals surface area contributed by atoms with Crippen LogP contribution in [0.25, 0.3) is 11.5 Å². The van der Waals surface area contributed by atoms with Crippen molar-refractivity contribution in [3.8, 4) is 11.5 Å². The third kappa shape index (κ3) is 2.72. The summed E-state index contributed by atoms with van der Waals surface area (Å²) in [5, 5.41) is 0.585. The molecule has 0 spiro atoms. The maximum atomic E-state index is 5.91. The summed E-state index contributed by atoms with van der Waals surface area (Å²) in [4.78, 5) is 13.0. The molecule has 6 heteroatoms. The highest BCUT2D eigenvalue weighted by Gasteiger charge is 2.14. The lowest BCUT2D eigenvalue weighted by atomic mass is 10.1. The Hall–Kier alpha value is -0.950. The van der Waals surface area contributed by atoms with Crippen molar-refractivity contribution in [2.75, 3.05) is 5.73 Å². The molecule has 18 heavy (non-hydrogen) atoms. The minimum atomic E-state index is 0.285. The summed E-state index contributed by atoms with van der Waals surface area (Å²) in [5.41, 5.74) is 7.52. The van der Waals surface area contributed by atoms with Gasteiger partial charge in [0.05, 0.1) is 14.3 Å². The molecule has 0 fully saturated rings. The Morgan fingerprint density at radius 3 is 2.56 bits per heavy atom. The lowest BCUT2D eigenvalue weighted by molar-refractivity contribution is 0.809. The first-order valence-corrected chi connectivity index (χ1v) is 6.89. The molecular formula is C12H12ClIN4. The van der Waals surface area contributed by atoms with Crippen molar-refractivity contribution >= 4 is 40.0 Å². The van der Waals surface area contributed by atoms with Crippen molar-refractivity contribution in [2.24, 2.45) is 0 Å². The quantitative estimate of drug-likeness (QED) is 0.817. The summed E-state index contributed by atoms with van der Waals surface area (Å²) in [5.74, 6) is 1.31. The molecule has 94 valence electrons. The van der Waals surface area contributed by atoms with Gasteiger partial charge in [-0.2, -0.15) is 0 Å². The topological polar surface area (TPSA) is 64.7 Å². The number of halogens is 2. The molecule has 2 aromatic heterocycles. The normalized spacial score (nSPS) is 10.9. The van der Waals surface area contributed by atoms with Gasteiger partial charge in [0.1, 0.15) is 11.5 Å². The summed E-state index contributed by atoms with van der Waals surface area (Å²) in [6, 6.07) is 3.55. The fraction of sp³-hybridized carbons (Fsp3) is 0.250. The van der Waals surface area contributed by atoms with Crippen LogP contribution in [0.5, 0.6) is 0 Å². The van der Waals surface area contributed by atoms with Crippen LogP contribution in [0.2, 0.25) is 5.02 Å². The highest BCUT2D eigenvalue weighted by molar-refractivity contribution is 14.1. The first-order chi connectivity index (χ1) is 8.49. The Labute approximate surface area is 124 Å². The van der Waals surface area contributed by atoms with Gasteiger partial charge < -0.3 is 5.73 Å². The van der Waals surface area contributed by atoms with E-state index in [4.69, 9.17) is 17.3 Å². The van der Waals surface area contributed by atoms with E-state index < -0.39 is 0 Å².